The van der Waals surface area contributed by atoms with Gasteiger partial charge in [0.1, 0.15) is 6.54 Å². The Hall–Kier alpha value is -3.86. The van der Waals surface area contributed by atoms with Crippen molar-refractivity contribution < 1.29 is 14.4 Å². The molecule has 4 amide bonds. The zero-order chi connectivity index (χ0) is 25.5. The Morgan fingerprint density at radius 3 is 2.37 bits per heavy atom. The smallest absolute Gasteiger partial charge is 0.322 e. The largest absolute Gasteiger partial charge is 0.352 e. The molecule has 0 bridgehead atoms. The summed E-state index contributed by atoms with van der Waals surface area (Å²) in [5.74, 6) is 0.0641. The molecule has 0 atom stereocenters. The lowest BCUT2D eigenvalue weighted by Gasteiger charge is -2.32. The molecule has 0 spiro atoms. The van der Waals surface area contributed by atoms with Crippen LogP contribution in [-0.4, -0.2) is 60.4 Å². The molecule has 1 saturated heterocycles. The molecule has 0 aromatic heterocycles. The molecule has 184 valence electrons. The summed E-state index contributed by atoms with van der Waals surface area (Å²) in [6, 6.07) is 14.7. The number of likely N-dealkylation sites (tertiary alicyclic amines) is 1. The second-order valence-corrected chi connectivity index (χ2v) is 9.34. The van der Waals surface area contributed by atoms with Gasteiger partial charge < -0.3 is 20.4 Å². The van der Waals surface area contributed by atoms with Crippen molar-refractivity contribution in [2.45, 2.75) is 45.6 Å². The van der Waals surface area contributed by atoms with Gasteiger partial charge >= 0.3 is 6.03 Å². The van der Waals surface area contributed by atoms with Gasteiger partial charge in [-0.1, -0.05) is 18.2 Å². The van der Waals surface area contributed by atoms with Crippen LogP contribution in [0.25, 0.3) is 0 Å². The van der Waals surface area contributed by atoms with E-state index in [2.05, 4.69) is 16.7 Å². The monoisotopic (exact) mass is 475 g/mol. The number of amides is 4. The Balaban J connectivity index is 1.60. The van der Waals surface area contributed by atoms with Crippen molar-refractivity contribution in [2.24, 2.45) is 0 Å². The fourth-order valence-corrected chi connectivity index (χ4v) is 4.18. The lowest BCUT2D eigenvalue weighted by Crippen LogP contribution is -2.42. The van der Waals surface area contributed by atoms with Crippen LogP contribution in [0.1, 0.15) is 59.7 Å². The Morgan fingerprint density at radius 2 is 1.77 bits per heavy atom. The van der Waals surface area contributed by atoms with Crippen molar-refractivity contribution in [2.75, 3.05) is 32.0 Å². The fourth-order valence-electron chi connectivity index (χ4n) is 4.18. The molecular weight excluding hydrogens is 442 g/mol. The van der Waals surface area contributed by atoms with Gasteiger partial charge in [-0.15, -0.1) is 0 Å². The van der Waals surface area contributed by atoms with Crippen LogP contribution in [0.15, 0.2) is 42.5 Å². The molecule has 2 N–H and O–H groups in total. The van der Waals surface area contributed by atoms with Crippen LogP contribution in [0.2, 0.25) is 0 Å². The van der Waals surface area contributed by atoms with Gasteiger partial charge in [0.15, 0.2) is 0 Å². The number of aryl methyl sites for hydroxylation is 1. The highest BCUT2D eigenvalue weighted by Crippen LogP contribution is 2.29. The summed E-state index contributed by atoms with van der Waals surface area (Å²) in [7, 11) is 1.55. The summed E-state index contributed by atoms with van der Waals surface area (Å²) in [6.45, 7) is 6.81. The van der Waals surface area contributed by atoms with E-state index < -0.39 is 6.03 Å². The van der Waals surface area contributed by atoms with Gasteiger partial charge in [0.05, 0.1) is 11.6 Å². The van der Waals surface area contributed by atoms with E-state index in [-0.39, 0.29) is 24.4 Å². The number of carbonyl (C=O) groups is 3. The molecule has 0 aliphatic carbocycles. The molecule has 2 aromatic rings. The van der Waals surface area contributed by atoms with Crippen LogP contribution in [0, 0.1) is 18.3 Å². The van der Waals surface area contributed by atoms with Crippen LogP contribution < -0.4 is 10.6 Å². The molecule has 35 heavy (non-hydrogen) atoms. The van der Waals surface area contributed by atoms with Crippen molar-refractivity contribution in [3.05, 3.63) is 64.7 Å². The predicted molar refractivity (Wildman–Crippen MR) is 135 cm³/mol. The summed E-state index contributed by atoms with van der Waals surface area (Å²) in [4.78, 5) is 40.9. The molecule has 8 nitrogen and oxygen atoms in total. The highest BCUT2D eigenvalue weighted by atomic mass is 16.2. The number of anilines is 1. The van der Waals surface area contributed by atoms with Gasteiger partial charge in [0, 0.05) is 37.4 Å². The summed E-state index contributed by atoms with van der Waals surface area (Å²) in [5.41, 5.74) is 3.73. The van der Waals surface area contributed by atoms with E-state index in [0.29, 0.717) is 35.8 Å². The maximum Gasteiger partial charge on any atom is 0.322 e. The molecular formula is C27H33N5O3. The van der Waals surface area contributed by atoms with Crippen LogP contribution in [0.4, 0.5) is 10.5 Å². The third-order valence-corrected chi connectivity index (χ3v) is 6.20. The van der Waals surface area contributed by atoms with Crippen LogP contribution >= 0.6 is 0 Å². The molecule has 0 radical (unpaired) electrons. The lowest BCUT2D eigenvalue weighted by molar-refractivity contribution is -0.121. The number of rotatable bonds is 6. The molecule has 3 rings (SSSR count). The zero-order valence-corrected chi connectivity index (χ0v) is 20.8. The van der Waals surface area contributed by atoms with Crippen molar-refractivity contribution in [3.63, 3.8) is 0 Å². The second kappa shape index (κ2) is 11.5. The molecule has 2 aromatic carbocycles. The number of carbonyl (C=O) groups excluding carboxylic acids is 3. The number of hydrogen-bond acceptors (Lipinski definition) is 4. The summed E-state index contributed by atoms with van der Waals surface area (Å²) in [5, 5.41) is 14.6. The van der Waals surface area contributed by atoms with Gasteiger partial charge in [0.25, 0.3) is 5.91 Å². The van der Waals surface area contributed by atoms with E-state index in [9.17, 15) is 14.4 Å². The normalized spacial score (nSPS) is 13.8. The SMILES string of the molecule is Cc1ccc(C(=O)N2CCC(c3ccc(C#N)cc3)CC2)cc1NC(=O)N(C)CC(=O)NC(C)C. The van der Waals surface area contributed by atoms with Gasteiger partial charge in [-0.3, -0.25) is 9.59 Å². The lowest BCUT2D eigenvalue weighted by atomic mass is 9.89. The van der Waals surface area contributed by atoms with E-state index in [0.717, 1.165) is 18.4 Å². The molecule has 1 aliphatic rings. The maximum absolute atomic E-state index is 13.2. The van der Waals surface area contributed by atoms with Crippen molar-refractivity contribution in [1.82, 2.24) is 15.1 Å². The van der Waals surface area contributed by atoms with E-state index in [1.54, 1.807) is 19.2 Å². The van der Waals surface area contributed by atoms with Gasteiger partial charge in [-0.25, -0.2) is 4.79 Å². The summed E-state index contributed by atoms with van der Waals surface area (Å²) < 4.78 is 0. The number of piperidine rings is 1. The number of nitrogens with zero attached hydrogens (tertiary/aromatic N) is 3. The van der Waals surface area contributed by atoms with E-state index >= 15 is 0 Å². The molecule has 0 saturated carbocycles. The number of urea groups is 1. The number of likely N-dealkylation sites (N-methyl/N-ethyl adjacent to an activating group) is 1. The van der Waals surface area contributed by atoms with Crippen molar-refractivity contribution in [3.8, 4) is 6.07 Å². The topological polar surface area (TPSA) is 106 Å². The third-order valence-electron chi connectivity index (χ3n) is 6.20. The van der Waals surface area contributed by atoms with Crippen molar-refractivity contribution in [1.29, 1.82) is 5.26 Å². The van der Waals surface area contributed by atoms with Crippen LogP contribution in [-0.2, 0) is 4.79 Å². The number of nitriles is 1. The minimum Gasteiger partial charge on any atom is -0.352 e. The Kier molecular flexibility index (Phi) is 8.48. The summed E-state index contributed by atoms with van der Waals surface area (Å²) in [6.07, 6.45) is 1.71. The Morgan fingerprint density at radius 1 is 1.11 bits per heavy atom. The quantitative estimate of drug-likeness (QED) is 0.661. The molecule has 0 unspecified atom stereocenters. The highest BCUT2D eigenvalue weighted by Gasteiger charge is 2.25. The standard InChI is InChI=1S/C27H33N5O3/c1-18(2)29-25(33)17-31(4)27(35)30-24-15-23(8-5-19(24)3)26(34)32-13-11-22(12-14-32)21-9-6-20(16-28)7-10-21/h5-10,15,18,22H,11-14,17H2,1-4H3,(H,29,33)(H,30,35). The third kappa shape index (κ3) is 6.82. The maximum atomic E-state index is 13.2. The number of nitrogens with one attached hydrogen (secondary N) is 2. The number of benzene rings is 2. The molecule has 1 fully saturated rings. The molecule has 8 heteroatoms. The van der Waals surface area contributed by atoms with Crippen LogP contribution in [0.3, 0.4) is 0 Å². The average molecular weight is 476 g/mol. The van der Waals surface area contributed by atoms with E-state index in [1.807, 2.05) is 56.0 Å². The first kappa shape index (κ1) is 25.8. The average Bonchev–Trinajstić information content (AvgIpc) is 2.84. The summed E-state index contributed by atoms with van der Waals surface area (Å²) >= 11 is 0. The second-order valence-electron chi connectivity index (χ2n) is 9.34. The Bertz CT molecular complexity index is 1110. The Labute approximate surface area is 206 Å². The minimum atomic E-state index is -0.417. The minimum absolute atomic E-state index is 0.00178. The van der Waals surface area contributed by atoms with Gasteiger partial charge in [0.2, 0.25) is 5.91 Å². The predicted octanol–water partition coefficient (Wildman–Crippen LogP) is 3.87. The molecule has 1 heterocycles. The first-order chi connectivity index (χ1) is 16.7. The fraction of sp³-hybridized carbons (Fsp3) is 0.407. The zero-order valence-electron chi connectivity index (χ0n) is 20.8. The van der Waals surface area contributed by atoms with Crippen molar-refractivity contribution >= 4 is 23.5 Å². The number of hydrogen-bond donors (Lipinski definition) is 2. The van der Waals surface area contributed by atoms with E-state index in [1.165, 1.54) is 10.5 Å². The van der Waals surface area contributed by atoms with Gasteiger partial charge in [-0.05, 0) is 74.9 Å². The molecule has 1 aliphatic heterocycles. The van der Waals surface area contributed by atoms with Crippen LogP contribution in [0.5, 0.6) is 0 Å². The first-order valence-electron chi connectivity index (χ1n) is 11.9. The highest BCUT2D eigenvalue weighted by molar-refractivity contribution is 5.98. The first-order valence-corrected chi connectivity index (χ1v) is 11.9. The van der Waals surface area contributed by atoms with Gasteiger partial charge in [-0.2, -0.15) is 5.26 Å². The van der Waals surface area contributed by atoms with E-state index in [4.69, 9.17) is 5.26 Å².